The van der Waals surface area contributed by atoms with Crippen LogP contribution in [0.4, 0.5) is 13.2 Å². The maximum absolute atomic E-state index is 13.8. The SMILES string of the molecule is Fc1ccc(C(Cl)c2ccc(F)c3ccccc23)cc1F. The highest BCUT2D eigenvalue weighted by Gasteiger charge is 2.17. The molecule has 0 heterocycles. The van der Waals surface area contributed by atoms with Gasteiger partial charge in [-0.2, -0.15) is 0 Å². The van der Waals surface area contributed by atoms with E-state index in [0.717, 1.165) is 12.1 Å². The third-order valence-electron chi connectivity index (χ3n) is 3.41. The standard InChI is InChI=1S/C17H10ClF3/c18-17(10-5-7-15(20)16(21)9-10)13-6-8-14(19)12-4-2-1-3-11(12)13/h1-9,17H. The molecular formula is C17H10ClF3. The third kappa shape index (κ3) is 2.49. The van der Waals surface area contributed by atoms with E-state index in [1.807, 2.05) is 0 Å². The highest BCUT2D eigenvalue weighted by Crippen LogP contribution is 2.35. The predicted molar refractivity (Wildman–Crippen MR) is 78.0 cm³/mol. The second-order valence-electron chi connectivity index (χ2n) is 4.72. The molecule has 0 bridgehead atoms. The normalized spacial score (nSPS) is 12.6. The van der Waals surface area contributed by atoms with Gasteiger partial charge in [-0.25, -0.2) is 13.2 Å². The summed E-state index contributed by atoms with van der Waals surface area (Å²) < 4.78 is 40.1. The van der Waals surface area contributed by atoms with Crippen LogP contribution in [0.3, 0.4) is 0 Å². The molecule has 0 aromatic heterocycles. The zero-order valence-electron chi connectivity index (χ0n) is 10.8. The van der Waals surface area contributed by atoms with Crippen LogP contribution in [0.5, 0.6) is 0 Å². The van der Waals surface area contributed by atoms with E-state index < -0.39 is 17.0 Å². The fourth-order valence-electron chi connectivity index (χ4n) is 2.36. The van der Waals surface area contributed by atoms with Crippen LogP contribution < -0.4 is 0 Å². The Morgan fingerprint density at radius 1 is 0.714 bits per heavy atom. The summed E-state index contributed by atoms with van der Waals surface area (Å²) in [5, 5.41) is 0.413. The van der Waals surface area contributed by atoms with Gasteiger partial charge in [-0.05, 0) is 34.7 Å². The smallest absolute Gasteiger partial charge is 0.159 e. The van der Waals surface area contributed by atoms with Gasteiger partial charge in [0.1, 0.15) is 5.82 Å². The summed E-state index contributed by atoms with van der Waals surface area (Å²) >= 11 is 6.38. The lowest BCUT2D eigenvalue weighted by Crippen LogP contribution is -1.97. The van der Waals surface area contributed by atoms with Crippen molar-refractivity contribution in [2.24, 2.45) is 0 Å². The minimum Gasteiger partial charge on any atom is -0.206 e. The molecule has 1 unspecified atom stereocenters. The summed E-state index contributed by atoms with van der Waals surface area (Å²) in [7, 11) is 0. The van der Waals surface area contributed by atoms with Crippen molar-refractivity contribution >= 4 is 22.4 Å². The van der Waals surface area contributed by atoms with Crippen LogP contribution in [-0.2, 0) is 0 Å². The number of halogens is 4. The first-order valence-corrected chi connectivity index (χ1v) is 6.78. The average Bonchev–Trinajstić information content (AvgIpc) is 2.50. The molecule has 3 aromatic carbocycles. The van der Waals surface area contributed by atoms with Crippen molar-refractivity contribution in [3.8, 4) is 0 Å². The van der Waals surface area contributed by atoms with Gasteiger partial charge < -0.3 is 0 Å². The summed E-state index contributed by atoms with van der Waals surface area (Å²) in [5.74, 6) is -2.22. The summed E-state index contributed by atoms with van der Waals surface area (Å²) in [5.41, 5.74) is 1.08. The van der Waals surface area contributed by atoms with Crippen molar-refractivity contribution in [3.63, 3.8) is 0 Å². The Morgan fingerprint density at radius 3 is 2.10 bits per heavy atom. The van der Waals surface area contributed by atoms with Crippen molar-refractivity contribution in [1.82, 2.24) is 0 Å². The first-order valence-electron chi connectivity index (χ1n) is 6.34. The van der Waals surface area contributed by atoms with E-state index in [1.165, 1.54) is 12.1 Å². The molecule has 0 aliphatic heterocycles. The van der Waals surface area contributed by atoms with E-state index in [0.29, 0.717) is 21.9 Å². The molecule has 0 saturated carbocycles. The average molecular weight is 307 g/mol. The van der Waals surface area contributed by atoms with E-state index in [4.69, 9.17) is 11.6 Å². The van der Waals surface area contributed by atoms with Gasteiger partial charge in [0, 0.05) is 5.39 Å². The molecule has 21 heavy (non-hydrogen) atoms. The Morgan fingerprint density at radius 2 is 1.38 bits per heavy atom. The monoisotopic (exact) mass is 306 g/mol. The maximum Gasteiger partial charge on any atom is 0.159 e. The van der Waals surface area contributed by atoms with Crippen LogP contribution >= 0.6 is 11.6 Å². The Labute approximate surface area is 124 Å². The first kappa shape index (κ1) is 14.0. The zero-order chi connectivity index (χ0) is 15.0. The Hall–Kier alpha value is -2.00. The lowest BCUT2D eigenvalue weighted by molar-refractivity contribution is 0.507. The number of alkyl halides is 1. The molecule has 1 atom stereocenters. The molecule has 106 valence electrons. The Kier molecular flexibility index (Phi) is 3.60. The minimum absolute atomic E-state index is 0.344. The molecule has 0 saturated heterocycles. The van der Waals surface area contributed by atoms with Crippen LogP contribution in [0, 0.1) is 17.5 Å². The van der Waals surface area contributed by atoms with Gasteiger partial charge in [-0.1, -0.05) is 36.4 Å². The molecule has 0 N–H and O–H groups in total. The lowest BCUT2D eigenvalue weighted by atomic mass is 9.97. The first-order chi connectivity index (χ1) is 10.1. The van der Waals surface area contributed by atoms with Crippen LogP contribution in [0.2, 0.25) is 0 Å². The van der Waals surface area contributed by atoms with Gasteiger partial charge in [0.15, 0.2) is 11.6 Å². The van der Waals surface area contributed by atoms with Crippen LogP contribution in [0.15, 0.2) is 54.6 Å². The highest BCUT2D eigenvalue weighted by molar-refractivity contribution is 6.23. The number of hydrogen-bond donors (Lipinski definition) is 0. The second-order valence-corrected chi connectivity index (χ2v) is 5.15. The molecule has 0 amide bonds. The number of rotatable bonds is 2. The summed E-state index contributed by atoms with van der Waals surface area (Å²) in [6.45, 7) is 0. The fraction of sp³-hybridized carbons (Fsp3) is 0.0588. The lowest BCUT2D eigenvalue weighted by Gasteiger charge is -2.14. The molecule has 0 spiro atoms. The van der Waals surface area contributed by atoms with Crippen molar-refractivity contribution in [2.75, 3.05) is 0 Å². The molecule has 0 aliphatic rings. The second kappa shape index (κ2) is 5.41. The topological polar surface area (TPSA) is 0 Å². The largest absolute Gasteiger partial charge is 0.206 e. The van der Waals surface area contributed by atoms with E-state index >= 15 is 0 Å². The van der Waals surface area contributed by atoms with Gasteiger partial charge >= 0.3 is 0 Å². The molecular weight excluding hydrogens is 297 g/mol. The van der Waals surface area contributed by atoms with Crippen molar-refractivity contribution in [2.45, 2.75) is 5.38 Å². The third-order valence-corrected chi connectivity index (χ3v) is 3.90. The van der Waals surface area contributed by atoms with Crippen LogP contribution in [0.25, 0.3) is 10.8 Å². The fourth-order valence-corrected chi connectivity index (χ4v) is 2.68. The molecule has 0 aliphatic carbocycles. The minimum atomic E-state index is -0.954. The van der Waals surface area contributed by atoms with Crippen molar-refractivity contribution in [1.29, 1.82) is 0 Å². The molecule has 3 aromatic rings. The van der Waals surface area contributed by atoms with Crippen LogP contribution in [-0.4, -0.2) is 0 Å². The van der Waals surface area contributed by atoms with Crippen molar-refractivity contribution in [3.05, 3.63) is 83.2 Å². The molecule has 0 radical (unpaired) electrons. The number of fused-ring (bicyclic) bond motifs is 1. The number of hydrogen-bond acceptors (Lipinski definition) is 0. The van der Waals surface area contributed by atoms with Gasteiger partial charge in [0.2, 0.25) is 0 Å². The predicted octanol–water partition coefficient (Wildman–Crippen LogP) is 5.59. The van der Waals surface area contributed by atoms with E-state index in [1.54, 1.807) is 30.3 Å². The molecule has 3 rings (SSSR count). The van der Waals surface area contributed by atoms with Gasteiger partial charge in [-0.15, -0.1) is 11.6 Å². The maximum atomic E-state index is 13.8. The van der Waals surface area contributed by atoms with E-state index in [2.05, 4.69) is 0 Å². The quantitative estimate of drug-likeness (QED) is 0.542. The van der Waals surface area contributed by atoms with Gasteiger partial charge in [-0.3, -0.25) is 0 Å². The van der Waals surface area contributed by atoms with E-state index in [9.17, 15) is 13.2 Å². The van der Waals surface area contributed by atoms with Gasteiger partial charge in [0.05, 0.1) is 5.38 Å². The van der Waals surface area contributed by atoms with Gasteiger partial charge in [0.25, 0.3) is 0 Å². The highest BCUT2D eigenvalue weighted by atomic mass is 35.5. The molecule has 4 heteroatoms. The summed E-state index contributed by atoms with van der Waals surface area (Å²) in [4.78, 5) is 0. The number of benzene rings is 3. The van der Waals surface area contributed by atoms with Crippen molar-refractivity contribution < 1.29 is 13.2 Å². The summed E-state index contributed by atoms with van der Waals surface area (Å²) in [6.07, 6.45) is 0. The van der Waals surface area contributed by atoms with E-state index in [-0.39, 0.29) is 5.82 Å². The molecule has 0 nitrogen and oxygen atoms in total. The Bertz CT molecular complexity index is 814. The molecule has 0 fully saturated rings. The van der Waals surface area contributed by atoms with Crippen LogP contribution in [0.1, 0.15) is 16.5 Å². The Balaban J connectivity index is 2.15. The zero-order valence-corrected chi connectivity index (χ0v) is 11.5. The summed E-state index contributed by atoms with van der Waals surface area (Å²) in [6, 6.07) is 13.3.